The number of benzene rings is 1. The Morgan fingerprint density at radius 1 is 1.07 bits per heavy atom. The molecule has 0 aliphatic carbocycles. The average Bonchev–Trinajstić information content (AvgIpc) is 3.13. The van der Waals surface area contributed by atoms with Crippen molar-refractivity contribution in [2.75, 3.05) is 51.3 Å². The predicted octanol–water partition coefficient (Wildman–Crippen LogP) is 4.97. The Balaban J connectivity index is 1.72. The Morgan fingerprint density at radius 2 is 1.80 bits per heavy atom. The van der Waals surface area contributed by atoms with Crippen molar-refractivity contribution in [1.29, 1.82) is 0 Å². The molecule has 158 valence electrons. The minimum Gasteiger partial charge on any atom is -0.381 e. The molecule has 5 rings (SSSR count). The Kier molecular flexibility index (Phi) is 5.67. The van der Waals surface area contributed by atoms with Crippen molar-refractivity contribution in [2.24, 2.45) is 0 Å². The number of aryl methyl sites for hydroxylation is 1. The van der Waals surface area contributed by atoms with Gasteiger partial charge in [-0.1, -0.05) is 29.8 Å². The summed E-state index contributed by atoms with van der Waals surface area (Å²) in [4.78, 5) is 15.9. The highest BCUT2D eigenvalue weighted by Gasteiger charge is 2.29. The van der Waals surface area contributed by atoms with Crippen molar-refractivity contribution in [3.05, 3.63) is 40.7 Å². The smallest absolute Gasteiger partial charge is 0.150 e. The average molecular weight is 443 g/mol. The van der Waals surface area contributed by atoms with Crippen molar-refractivity contribution in [2.45, 2.75) is 25.7 Å². The van der Waals surface area contributed by atoms with E-state index in [0.29, 0.717) is 5.92 Å². The van der Waals surface area contributed by atoms with Gasteiger partial charge in [-0.2, -0.15) is 0 Å². The van der Waals surface area contributed by atoms with Crippen LogP contribution in [0.3, 0.4) is 0 Å². The lowest BCUT2D eigenvalue weighted by atomic mass is 9.89. The molecular weight excluding hydrogens is 416 g/mol. The fraction of sp³-hybridized carbons (Fsp3) is 0.478. The van der Waals surface area contributed by atoms with Crippen molar-refractivity contribution in [1.82, 2.24) is 14.9 Å². The van der Waals surface area contributed by atoms with E-state index in [9.17, 15) is 0 Å². The summed E-state index contributed by atoms with van der Waals surface area (Å²) in [6, 6.07) is 8.17. The molecule has 0 spiro atoms. The molecule has 0 radical (unpaired) electrons. The number of halogens is 1. The van der Waals surface area contributed by atoms with Crippen LogP contribution in [0, 0.1) is 6.92 Å². The molecule has 0 atom stereocenters. The second-order valence-corrected chi connectivity index (χ2v) is 9.70. The van der Waals surface area contributed by atoms with Crippen LogP contribution in [-0.2, 0) is 4.74 Å². The van der Waals surface area contributed by atoms with Crippen LogP contribution in [0.5, 0.6) is 0 Å². The number of hydrogen-bond acceptors (Lipinski definition) is 6. The van der Waals surface area contributed by atoms with Crippen LogP contribution in [0.1, 0.15) is 30.1 Å². The predicted molar refractivity (Wildman–Crippen MR) is 125 cm³/mol. The molecule has 5 nitrogen and oxygen atoms in total. The van der Waals surface area contributed by atoms with Gasteiger partial charge in [-0.25, -0.2) is 9.97 Å². The minimum atomic E-state index is 0.438. The maximum Gasteiger partial charge on any atom is 0.150 e. The molecule has 1 aromatic carbocycles. The standard InChI is InChI=1S/C23H27ClN4OS/c1-15-25-20-19(16-7-13-29-14-8-16)21(17-5-3-4-6-18(17)24)30-22(20)23(26-15)28-11-9-27(2)10-12-28/h3-6,16H,7-14H2,1-2H3. The molecule has 7 heteroatoms. The SMILES string of the molecule is Cc1nc(N2CCN(C)CC2)c2sc(-c3ccccc3Cl)c(C3CCOCC3)c2n1. The number of aromatic nitrogens is 2. The summed E-state index contributed by atoms with van der Waals surface area (Å²) >= 11 is 8.47. The first-order valence-corrected chi connectivity index (χ1v) is 11.9. The van der Waals surface area contributed by atoms with E-state index in [2.05, 4.69) is 29.0 Å². The van der Waals surface area contributed by atoms with Gasteiger partial charge in [0.15, 0.2) is 0 Å². The van der Waals surface area contributed by atoms with Crippen LogP contribution < -0.4 is 4.90 Å². The molecule has 2 fully saturated rings. The lowest BCUT2D eigenvalue weighted by Gasteiger charge is -2.33. The Bertz CT molecular complexity index is 1050. The Labute approximate surface area is 186 Å². The van der Waals surface area contributed by atoms with Crippen LogP contribution in [0.15, 0.2) is 24.3 Å². The molecule has 0 amide bonds. The number of thiophene rings is 1. The molecule has 2 saturated heterocycles. The zero-order valence-electron chi connectivity index (χ0n) is 17.5. The van der Waals surface area contributed by atoms with E-state index in [-0.39, 0.29) is 0 Å². The monoisotopic (exact) mass is 442 g/mol. The molecule has 2 aromatic heterocycles. The van der Waals surface area contributed by atoms with Gasteiger partial charge in [0, 0.05) is 60.4 Å². The molecule has 30 heavy (non-hydrogen) atoms. The number of ether oxygens (including phenoxy) is 1. The van der Waals surface area contributed by atoms with Gasteiger partial charge in [0.1, 0.15) is 11.6 Å². The quantitative estimate of drug-likeness (QED) is 0.573. The Morgan fingerprint density at radius 3 is 2.53 bits per heavy atom. The van der Waals surface area contributed by atoms with Crippen LogP contribution >= 0.6 is 22.9 Å². The first kappa shape index (κ1) is 20.2. The van der Waals surface area contributed by atoms with E-state index < -0.39 is 0 Å². The number of anilines is 1. The third-order valence-corrected chi connectivity index (χ3v) is 7.77. The summed E-state index contributed by atoms with van der Waals surface area (Å²) in [6.45, 7) is 7.72. The molecule has 2 aliphatic rings. The summed E-state index contributed by atoms with van der Waals surface area (Å²) in [7, 11) is 2.18. The van der Waals surface area contributed by atoms with Gasteiger partial charge in [0.2, 0.25) is 0 Å². The molecule has 0 bridgehead atoms. The zero-order chi connectivity index (χ0) is 20.7. The van der Waals surface area contributed by atoms with Crippen molar-refractivity contribution < 1.29 is 4.74 Å². The number of piperazine rings is 1. The van der Waals surface area contributed by atoms with Gasteiger partial charge in [-0.15, -0.1) is 11.3 Å². The van der Waals surface area contributed by atoms with Gasteiger partial charge in [-0.3, -0.25) is 0 Å². The molecule has 0 unspecified atom stereocenters. The Hall–Kier alpha value is -1.73. The van der Waals surface area contributed by atoms with Gasteiger partial charge in [0.25, 0.3) is 0 Å². The van der Waals surface area contributed by atoms with Gasteiger partial charge in [0.05, 0.1) is 10.2 Å². The lowest BCUT2D eigenvalue weighted by Crippen LogP contribution is -2.44. The van der Waals surface area contributed by atoms with E-state index in [0.717, 1.165) is 80.0 Å². The fourth-order valence-corrected chi connectivity index (χ4v) is 6.20. The van der Waals surface area contributed by atoms with Crippen molar-refractivity contribution in [3.8, 4) is 10.4 Å². The minimum absolute atomic E-state index is 0.438. The number of fused-ring (bicyclic) bond motifs is 1. The number of rotatable bonds is 3. The zero-order valence-corrected chi connectivity index (χ0v) is 19.1. The summed E-state index contributed by atoms with van der Waals surface area (Å²) in [5.41, 5.74) is 3.56. The van der Waals surface area contributed by atoms with E-state index >= 15 is 0 Å². The van der Waals surface area contributed by atoms with Gasteiger partial charge < -0.3 is 14.5 Å². The van der Waals surface area contributed by atoms with Crippen molar-refractivity contribution in [3.63, 3.8) is 0 Å². The van der Waals surface area contributed by atoms with Crippen LogP contribution in [0.25, 0.3) is 20.7 Å². The van der Waals surface area contributed by atoms with Crippen molar-refractivity contribution >= 4 is 39.0 Å². The molecule has 4 heterocycles. The molecule has 2 aliphatic heterocycles. The number of nitrogens with zero attached hydrogens (tertiary/aromatic N) is 4. The largest absolute Gasteiger partial charge is 0.381 e. The van der Waals surface area contributed by atoms with E-state index in [4.69, 9.17) is 26.3 Å². The molecule has 0 N–H and O–H groups in total. The summed E-state index contributed by atoms with van der Waals surface area (Å²) in [5, 5.41) is 0.795. The highest BCUT2D eigenvalue weighted by Crippen LogP contribution is 2.48. The summed E-state index contributed by atoms with van der Waals surface area (Å²) < 4.78 is 6.86. The fourth-order valence-electron chi connectivity index (χ4n) is 4.53. The van der Waals surface area contributed by atoms with Crippen LogP contribution in [-0.4, -0.2) is 61.3 Å². The third kappa shape index (κ3) is 3.71. The summed E-state index contributed by atoms with van der Waals surface area (Å²) in [5.74, 6) is 2.36. The highest BCUT2D eigenvalue weighted by atomic mass is 35.5. The van der Waals surface area contributed by atoms with Crippen LogP contribution in [0.2, 0.25) is 5.02 Å². The first-order valence-electron chi connectivity index (χ1n) is 10.7. The highest BCUT2D eigenvalue weighted by molar-refractivity contribution is 7.23. The number of likely N-dealkylation sites (N-methyl/N-ethyl adjacent to an activating group) is 1. The molecule has 0 saturated carbocycles. The first-order chi connectivity index (χ1) is 14.6. The van der Waals surface area contributed by atoms with E-state index in [1.54, 1.807) is 0 Å². The number of hydrogen-bond donors (Lipinski definition) is 0. The normalized spacial score (nSPS) is 19.0. The second-order valence-electron chi connectivity index (χ2n) is 8.27. The lowest BCUT2D eigenvalue weighted by molar-refractivity contribution is 0.0857. The molecule has 3 aromatic rings. The third-order valence-electron chi connectivity index (χ3n) is 6.21. The van der Waals surface area contributed by atoms with E-state index in [1.165, 1.54) is 15.1 Å². The van der Waals surface area contributed by atoms with E-state index in [1.807, 2.05) is 30.4 Å². The van der Waals surface area contributed by atoms with Crippen LogP contribution in [0.4, 0.5) is 5.82 Å². The van der Waals surface area contributed by atoms with Gasteiger partial charge >= 0.3 is 0 Å². The maximum absolute atomic E-state index is 6.66. The van der Waals surface area contributed by atoms with Gasteiger partial charge in [-0.05, 0) is 38.8 Å². The maximum atomic E-state index is 6.66. The second kappa shape index (κ2) is 8.42. The topological polar surface area (TPSA) is 41.5 Å². The summed E-state index contributed by atoms with van der Waals surface area (Å²) in [6.07, 6.45) is 2.05. The molecular formula is C23H27ClN4OS.